The molecule has 0 bridgehead atoms. The predicted molar refractivity (Wildman–Crippen MR) is 96.7 cm³/mol. The third kappa shape index (κ3) is 3.36. The van der Waals surface area contributed by atoms with Crippen LogP contribution in [0.1, 0.15) is 56.4 Å². The molecular weight excluding hydrogens is 336 g/mol. The second-order valence-electron chi connectivity index (χ2n) is 7.47. The summed E-state index contributed by atoms with van der Waals surface area (Å²) in [5, 5.41) is 4.88. The topological polar surface area (TPSA) is 90.1 Å². The van der Waals surface area contributed by atoms with Crippen LogP contribution in [0.25, 0.3) is 0 Å². The molecule has 3 atom stereocenters. The number of hydrogen-bond donors (Lipinski definition) is 2. The second-order valence-corrected chi connectivity index (χ2v) is 8.70. The maximum absolute atomic E-state index is 11.5. The Hall–Kier alpha value is -1.34. The normalized spacial score (nSPS) is 33.7. The van der Waals surface area contributed by atoms with Gasteiger partial charge in [-0.2, -0.15) is 0 Å². The van der Waals surface area contributed by atoms with Crippen LogP contribution in [-0.2, 0) is 4.79 Å². The predicted octanol–water partition coefficient (Wildman–Crippen LogP) is 2.23. The number of hydrogen-bond acceptors (Lipinski definition) is 6. The average Bonchev–Trinajstić information content (AvgIpc) is 3.15. The Kier molecular flexibility index (Phi) is 4.86. The van der Waals surface area contributed by atoms with E-state index in [-0.39, 0.29) is 12.0 Å². The largest absolute Gasteiger partial charge is 0.474 e. The molecular formula is C18H26N4O2S. The molecule has 2 unspecified atom stereocenters. The van der Waals surface area contributed by atoms with Gasteiger partial charge in [0.1, 0.15) is 17.5 Å². The highest BCUT2D eigenvalue weighted by Gasteiger charge is 2.47. The van der Waals surface area contributed by atoms with Gasteiger partial charge in [0.05, 0.1) is 5.56 Å². The monoisotopic (exact) mass is 362 g/mol. The van der Waals surface area contributed by atoms with Gasteiger partial charge in [0.15, 0.2) is 0 Å². The number of carbonyl (C=O) groups is 1. The fraction of sp³-hybridized carbons (Fsp3) is 0.722. The fourth-order valence-electron chi connectivity index (χ4n) is 4.69. The number of aromatic nitrogens is 2. The number of fused-ring (bicyclic) bond motifs is 3. The van der Waals surface area contributed by atoms with E-state index in [0.29, 0.717) is 29.5 Å². The Bertz CT molecular complexity index is 648. The van der Waals surface area contributed by atoms with E-state index in [0.717, 1.165) is 55.0 Å². The van der Waals surface area contributed by atoms with Gasteiger partial charge >= 0.3 is 0 Å². The van der Waals surface area contributed by atoms with Crippen molar-refractivity contribution < 1.29 is 9.53 Å². The summed E-state index contributed by atoms with van der Waals surface area (Å²) in [6.45, 7) is 0. The molecule has 1 aliphatic heterocycles. The lowest BCUT2D eigenvalue weighted by molar-refractivity contribution is -0.119. The molecule has 25 heavy (non-hydrogen) atoms. The first-order chi connectivity index (χ1) is 12.2. The number of nitrogens with two attached hydrogens (primary N) is 1. The maximum Gasteiger partial charge on any atom is 0.221 e. The number of amides is 1. The van der Waals surface area contributed by atoms with E-state index in [1.54, 1.807) is 6.33 Å². The molecule has 6 nitrogen and oxygen atoms in total. The van der Waals surface area contributed by atoms with E-state index in [1.165, 1.54) is 0 Å². The zero-order chi connectivity index (χ0) is 17.4. The molecule has 0 spiro atoms. The Morgan fingerprint density at radius 1 is 1.28 bits per heavy atom. The van der Waals surface area contributed by atoms with Crippen molar-refractivity contribution in [3.8, 4) is 5.88 Å². The third-order valence-corrected chi connectivity index (χ3v) is 7.34. The van der Waals surface area contributed by atoms with Crippen LogP contribution in [-0.4, -0.2) is 40.3 Å². The van der Waals surface area contributed by atoms with Crippen LogP contribution >= 0.6 is 11.8 Å². The number of nitrogens with one attached hydrogen (secondary N) is 1. The summed E-state index contributed by atoms with van der Waals surface area (Å²) in [6, 6.07) is 0.602. The Labute approximate surface area is 152 Å². The molecule has 3 aliphatic rings. The van der Waals surface area contributed by atoms with Gasteiger partial charge in [-0.25, -0.2) is 9.97 Å². The molecule has 0 radical (unpaired) electrons. The molecule has 3 N–H and O–H groups in total. The third-order valence-electron chi connectivity index (χ3n) is 5.96. The zero-order valence-electron chi connectivity index (χ0n) is 14.6. The van der Waals surface area contributed by atoms with E-state index < -0.39 is 0 Å². The van der Waals surface area contributed by atoms with Crippen LogP contribution in [0.5, 0.6) is 5.88 Å². The van der Waals surface area contributed by atoms with Crippen molar-refractivity contribution in [3.63, 3.8) is 0 Å². The van der Waals surface area contributed by atoms with Crippen molar-refractivity contribution >= 4 is 17.7 Å². The molecule has 2 fully saturated rings. The molecule has 1 aromatic heterocycles. The molecule has 1 amide bonds. The molecule has 2 heterocycles. The fourth-order valence-corrected chi connectivity index (χ4v) is 6.19. The van der Waals surface area contributed by atoms with Crippen molar-refractivity contribution in [1.82, 2.24) is 15.3 Å². The molecule has 7 heteroatoms. The first kappa shape index (κ1) is 17.1. The van der Waals surface area contributed by atoms with E-state index in [9.17, 15) is 4.79 Å². The minimum absolute atomic E-state index is 0.214. The summed E-state index contributed by atoms with van der Waals surface area (Å²) in [4.78, 5) is 20.4. The van der Waals surface area contributed by atoms with Gasteiger partial charge in [-0.15, -0.1) is 11.8 Å². The van der Waals surface area contributed by atoms with Crippen LogP contribution in [0, 0.1) is 5.92 Å². The number of rotatable bonds is 5. The van der Waals surface area contributed by atoms with Crippen LogP contribution in [0.3, 0.4) is 0 Å². The van der Waals surface area contributed by atoms with Gasteiger partial charge in [-0.1, -0.05) is 0 Å². The summed E-state index contributed by atoms with van der Waals surface area (Å²) in [6.07, 6.45) is 8.82. The molecule has 2 saturated carbocycles. The summed E-state index contributed by atoms with van der Waals surface area (Å²) in [5.41, 5.74) is 6.61. The molecule has 0 aromatic carbocycles. The summed E-state index contributed by atoms with van der Waals surface area (Å²) in [5.74, 6) is 1.13. The minimum atomic E-state index is -0.214. The van der Waals surface area contributed by atoms with Crippen LogP contribution < -0.4 is 15.8 Å². The van der Waals surface area contributed by atoms with Crippen LogP contribution in [0.4, 0.5) is 0 Å². The van der Waals surface area contributed by atoms with Gasteiger partial charge in [-0.3, -0.25) is 4.79 Å². The van der Waals surface area contributed by atoms with Gasteiger partial charge in [0.2, 0.25) is 11.8 Å². The molecule has 4 rings (SSSR count). The van der Waals surface area contributed by atoms with E-state index >= 15 is 0 Å². The standard InChI is InChI=1S/C18H26N4O2S/c1-20-11-3-5-12(6-4-11)24-17-16-15-10(8-14(19)23)2-7-13(15)25-18(16)22-9-21-17/h9-13,15,20H,2-8H2,1H3,(H2,19,23)/t10-,11?,12?,13?,15?/m1/s1. The highest BCUT2D eigenvalue weighted by molar-refractivity contribution is 8.00. The highest BCUT2D eigenvalue weighted by Crippen LogP contribution is 2.58. The molecule has 136 valence electrons. The first-order valence-electron chi connectivity index (χ1n) is 9.29. The van der Waals surface area contributed by atoms with Gasteiger partial charge in [0, 0.05) is 23.6 Å². The summed E-state index contributed by atoms with van der Waals surface area (Å²) in [7, 11) is 2.03. The number of ether oxygens (including phenoxy) is 1. The van der Waals surface area contributed by atoms with Crippen molar-refractivity contribution in [2.75, 3.05) is 7.05 Å². The second kappa shape index (κ2) is 7.11. The average molecular weight is 362 g/mol. The van der Waals surface area contributed by atoms with E-state index in [4.69, 9.17) is 10.5 Å². The Balaban J connectivity index is 1.54. The quantitative estimate of drug-likeness (QED) is 0.781. The van der Waals surface area contributed by atoms with Gasteiger partial charge in [0.25, 0.3) is 0 Å². The van der Waals surface area contributed by atoms with Crippen molar-refractivity contribution in [2.24, 2.45) is 11.7 Å². The smallest absolute Gasteiger partial charge is 0.221 e. The minimum Gasteiger partial charge on any atom is -0.474 e. The zero-order valence-corrected chi connectivity index (χ0v) is 15.4. The number of nitrogens with zero attached hydrogens (tertiary/aromatic N) is 2. The van der Waals surface area contributed by atoms with Crippen molar-refractivity contribution in [1.29, 1.82) is 0 Å². The highest BCUT2D eigenvalue weighted by atomic mass is 32.2. The lowest BCUT2D eigenvalue weighted by Gasteiger charge is -2.29. The number of thioether (sulfide) groups is 1. The number of carbonyl (C=O) groups excluding carboxylic acids is 1. The summed E-state index contributed by atoms with van der Waals surface area (Å²) >= 11 is 1.82. The van der Waals surface area contributed by atoms with Gasteiger partial charge in [-0.05, 0) is 51.5 Å². The Morgan fingerprint density at radius 3 is 2.80 bits per heavy atom. The first-order valence-corrected chi connectivity index (χ1v) is 10.2. The van der Waals surface area contributed by atoms with Crippen molar-refractivity contribution in [2.45, 2.75) is 73.3 Å². The summed E-state index contributed by atoms with van der Waals surface area (Å²) < 4.78 is 6.34. The number of primary amides is 1. The van der Waals surface area contributed by atoms with Crippen LogP contribution in [0.2, 0.25) is 0 Å². The van der Waals surface area contributed by atoms with E-state index in [2.05, 4.69) is 15.3 Å². The SMILES string of the molecule is CNC1CCC(Oc2ncnc3c2C2C(CC[C@@H]2CC(N)=O)S3)CC1. The van der Waals surface area contributed by atoms with Gasteiger partial charge < -0.3 is 15.8 Å². The lowest BCUT2D eigenvalue weighted by Crippen LogP contribution is -2.34. The lowest BCUT2D eigenvalue weighted by atomic mass is 9.87. The molecule has 2 aliphatic carbocycles. The molecule has 1 aromatic rings. The van der Waals surface area contributed by atoms with E-state index in [1.807, 2.05) is 18.8 Å². The van der Waals surface area contributed by atoms with Crippen molar-refractivity contribution in [3.05, 3.63) is 11.9 Å². The van der Waals surface area contributed by atoms with Crippen LogP contribution in [0.15, 0.2) is 11.4 Å². The Morgan fingerprint density at radius 2 is 2.08 bits per heavy atom. The molecule has 0 saturated heterocycles. The maximum atomic E-state index is 11.5.